The third-order valence-corrected chi connectivity index (χ3v) is 3.18. The van der Waals surface area contributed by atoms with E-state index >= 15 is 0 Å². The van der Waals surface area contributed by atoms with Crippen molar-refractivity contribution in [1.29, 1.82) is 0 Å². The molecule has 0 aromatic heterocycles. The molecule has 2 nitrogen and oxygen atoms in total. The molecule has 0 spiro atoms. The summed E-state index contributed by atoms with van der Waals surface area (Å²) in [6.45, 7) is 0. The largest absolute Gasteiger partial charge is 0.603 e. The lowest BCUT2D eigenvalue weighted by Crippen LogP contribution is -2.06. The summed E-state index contributed by atoms with van der Waals surface area (Å²) in [4.78, 5) is 20.8. The molecule has 2 aromatic rings. The van der Waals surface area contributed by atoms with Gasteiger partial charge in [-0.25, -0.2) is 0 Å². The predicted molar refractivity (Wildman–Crippen MR) is 65.2 cm³/mol. The molecule has 0 fully saturated rings. The summed E-state index contributed by atoms with van der Waals surface area (Å²) in [5.41, 5.74) is 1.58. The van der Waals surface area contributed by atoms with Crippen molar-refractivity contribution in [2.24, 2.45) is 0 Å². The van der Waals surface area contributed by atoms with E-state index in [1.54, 1.807) is 0 Å². The zero-order valence-electron chi connectivity index (χ0n) is 8.58. The first-order valence-corrected chi connectivity index (χ1v) is 6.14. The van der Waals surface area contributed by atoms with Crippen LogP contribution in [0.15, 0.2) is 60.7 Å². The van der Waals surface area contributed by atoms with Gasteiger partial charge in [0, 0.05) is 11.1 Å². The van der Waals surface area contributed by atoms with Gasteiger partial charge in [0.2, 0.25) is 8.00 Å². The third kappa shape index (κ3) is 2.37. The highest BCUT2D eigenvalue weighted by Crippen LogP contribution is 2.20. The maximum absolute atomic E-state index is 11.4. The number of hydrogen-bond donors (Lipinski definition) is 1. The van der Waals surface area contributed by atoms with Gasteiger partial charge in [-0.3, -0.25) is 0 Å². The number of rotatable bonds is 2. The molecule has 0 aliphatic carbocycles. The van der Waals surface area contributed by atoms with Gasteiger partial charge >= 0.3 is 0 Å². The number of hydrogen-bond acceptors (Lipinski definition) is 2. The Kier molecular flexibility index (Phi) is 3.47. The second kappa shape index (κ2) is 5.04. The summed E-state index contributed by atoms with van der Waals surface area (Å²) < 4.78 is 0. The molecule has 16 heavy (non-hydrogen) atoms. The molecule has 2 rings (SSSR count). The fourth-order valence-corrected chi connectivity index (χ4v) is 2.32. The highest BCUT2D eigenvalue weighted by molar-refractivity contribution is 7.47. The highest BCUT2D eigenvalue weighted by atomic mass is 31.1. The highest BCUT2D eigenvalue weighted by Gasteiger charge is 2.14. The van der Waals surface area contributed by atoms with Gasteiger partial charge in [0.15, 0.2) is 5.29 Å². The summed E-state index contributed by atoms with van der Waals surface area (Å²) in [6.07, 6.45) is 0. The van der Waals surface area contributed by atoms with Crippen molar-refractivity contribution >= 4 is 13.3 Å². The minimum atomic E-state index is -2.35. The Bertz CT molecular complexity index is 446. The van der Waals surface area contributed by atoms with Crippen molar-refractivity contribution in [3.8, 4) is 0 Å². The van der Waals surface area contributed by atoms with Crippen LogP contribution in [0.5, 0.6) is 0 Å². The van der Waals surface area contributed by atoms with Gasteiger partial charge in [0.25, 0.3) is 0 Å². The third-order valence-electron chi connectivity index (χ3n) is 2.29. The van der Waals surface area contributed by atoms with Crippen molar-refractivity contribution in [3.63, 3.8) is 0 Å². The Labute approximate surface area is 95.4 Å². The molecule has 80 valence electrons. The molecule has 3 heteroatoms. The maximum atomic E-state index is 11.4. The molecule has 1 N–H and O–H groups in total. The van der Waals surface area contributed by atoms with E-state index in [2.05, 4.69) is 0 Å². The monoisotopic (exact) mass is 230 g/mol. The van der Waals surface area contributed by atoms with Gasteiger partial charge in [-0.1, -0.05) is 60.7 Å². The van der Waals surface area contributed by atoms with Crippen molar-refractivity contribution in [2.45, 2.75) is 0 Å². The molecule has 2 aromatic carbocycles. The summed E-state index contributed by atoms with van der Waals surface area (Å²) in [5, 5.41) is 0.483. The van der Waals surface area contributed by atoms with Crippen LogP contribution in [-0.2, 0) is 0 Å². The quantitative estimate of drug-likeness (QED) is 0.801. The van der Waals surface area contributed by atoms with Gasteiger partial charge < -0.3 is 4.89 Å². The lowest BCUT2D eigenvalue weighted by atomic mass is 10.1. The SMILES string of the molecule is [O-][P+](O)=C(c1ccccc1)c1ccccc1. The molecule has 1 atom stereocenters. The Hall–Kier alpha value is -1.47. The van der Waals surface area contributed by atoms with E-state index in [0.29, 0.717) is 5.29 Å². The van der Waals surface area contributed by atoms with E-state index in [1.807, 2.05) is 60.7 Å². The fraction of sp³-hybridized carbons (Fsp3) is 0. The standard InChI is InChI=1S/C13H11O2P/c14-16(15)13(11-7-3-1-4-8-11)12-9-5-2-6-10-12/h1-10H,(H,14,15). The normalized spacial score (nSPS) is 11.0. The summed E-state index contributed by atoms with van der Waals surface area (Å²) in [6, 6.07) is 18.6. The Morgan fingerprint density at radius 3 is 1.50 bits per heavy atom. The first-order chi connectivity index (χ1) is 7.79. The smallest absolute Gasteiger partial charge is 0.226 e. The average Bonchev–Trinajstić information content (AvgIpc) is 2.31. The lowest BCUT2D eigenvalue weighted by Gasteiger charge is -2.03. The second-order valence-electron chi connectivity index (χ2n) is 3.35. The van der Waals surface area contributed by atoms with Crippen molar-refractivity contribution in [3.05, 3.63) is 71.8 Å². The first kappa shape index (κ1) is 11.0. The predicted octanol–water partition coefficient (Wildman–Crippen LogP) is 1.92. The molecule has 0 saturated carbocycles. The van der Waals surface area contributed by atoms with E-state index in [4.69, 9.17) is 0 Å². The topological polar surface area (TPSA) is 43.3 Å². The van der Waals surface area contributed by atoms with Crippen LogP contribution < -0.4 is 4.89 Å². The van der Waals surface area contributed by atoms with E-state index in [1.165, 1.54) is 0 Å². The molecule has 0 aliphatic heterocycles. The molecule has 0 bridgehead atoms. The Morgan fingerprint density at radius 1 is 0.812 bits per heavy atom. The van der Waals surface area contributed by atoms with Crippen molar-refractivity contribution in [1.82, 2.24) is 0 Å². The first-order valence-electron chi connectivity index (χ1n) is 4.93. The summed E-state index contributed by atoms with van der Waals surface area (Å²) in [5.74, 6) is 0. The van der Waals surface area contributed by atoms with Crippen LogP contribution in [0.3, 0.4) is 0 Å². The van der Waals surface area contributed by atoms with Gasteiger partial charge in [0.05, 0.1) is 0 Å². The summed E-state index contributed by atoms with van der Waals surface area (Å²) in [7, 11) is -2.35. The van der Waals surface area contributed by atoms with Crippen molar-refractivity contribution in [2.75, 3.05) is 0 Å². The van der Waals surface area contributed by atoms with Crippen LogP contribution in [0.1, 0.15) is 11.1 Å². The van der Waals surface area contributed by atoms with Crippen molar-refractivity contribution < 1.29 is 9.79 Å². The van der Waals surface area contributed by atoms with Gasteiger partial charge in [-0.05, 0) is 0 Å². The average molecular weight is 230 g/mol. The maximum Gasteiger partial charge on any atom is 0.226 e. The molecule has 1 unspecified atom stereocenters. The lowest BCUT2D eigenvalue weighted by molar-refractivity contribution is -0.167. The van der Waals surface area contributed by atoms with E-state index in [-0.39, 0.29) is 0 Å². The molecular weight excluding hydrogens is 219 g/mol. The van der Waals surface area contributed by atoms with E-state index in [9.17, 15) is 9.79 Å². The zero-order chi connectivity index (χ0) is 11.4. The molecule has 0 saturated heterocycles. The van der Waals surface area contributed by atoms with Crippen LogP contribution in [0.2, 0.25) is 0 Å². The molecule has 0 radical (unpaired) electrons. The zero-order valence-corrected chi connectivity index (χ0v) is 9.47. The van der Waals surface area contributed by atoms with Gasteiger partial charge in [-0.2, -0.15) is 4.89 Å². The van der Waals surface area contributed by atoms with E-state index < -0.39 is 8.00 Å². The molecule has 0 heterocycles. The Morgan fingerprint density at radius 2 is 1.19 bits per heavy atom. The van der Waals surface area contributed by atoms with Crippen LogP contribution >= 0.6 is 8.00 Å². The van der Waals surface area contributed by atoms with Gasteiger partial charge in [-0.15, -0.1) is 0 Å². The minimum absolute atomic E-state index is 0.483. The molecule has 0 aliphatic rings. The minimum Gasteiger partial charge on any atom is -0.603 e. The second-order valence-corrected chi connectivity index (χ2v) is 4.35. The van der Waals surface area contributed by atoms with Crippen LogP contribution in [-0.4, -0.2) is 10.2 Å². The van der Waals surface area contributed by atoms with E-state index in [0.717, 1.165) is 11.1 Å². The van der Waals surface area contributed by atoms with Crippen LogP contribution in [0.4, 0.5) is 0 Å². The Balaban J connectivity index is 2.54. The molecule has 0 amide bonds. The molecular formula is C13H11O2P. The van der Waals surface area contributed by atoms with Crippen LogP contribution in [0, 0.1) is 0 Å². The number of benzene rings is 2. The fourth-order valence-electron chi connectivity index (χ4n) is 1.58. The summed E-state index contributed by atoms with van der Waals surface area (Å²) >= 11 is 0. The van der Waals surface area contributed by atoms with Crippen LogP contribution in [0.25, 0.3) is 0 Å². The van der Waals surface area contributed by atoms with Gasteiger partial charge in [0.1, 0.15) is 0 Å².